The summed E-state index contributed by atoms with van der Waals surface area (Å²) in [7, 11) is 0. The van der Waals surface area contributed by atoms with Gasteiger partial charge < -0.3 is 15.0 Å². The molecule has 0 aliphatic carbocycles. The van der Waals surface area contributed by atoms with Crippen LogP contribution in [-0.2, 0) is 9.53 Å². The van der Waals surface area contributed by atoms with E-state index in [1.807, 2.05) is 6.07 Å². The summed E-state index contributed by atoms with van der Waals surface area (Å²) in [6.07, 6.45) is 7.34. The summed E-state index contributed by atoms with van der Waals surface area (Å²) in [6, 6.07) is 1.99. The molecule has 0 saturated carbocycles. The largest absolute Gasteiger partial charge is 0.376 e. The molecule has 0 spiro atoms. The molecule has 2 heterocycles. The molecule has 0 aromatic heterocycles. The summed E-state index contributed by atoms with van der Waals surface area (Å²) >= 11 is 0. The molecule has 0 radical (unpaired) electrons. The fraction of sp³-hybridized carbons (Fsp3) is 0.714. The molecule has 0 aromatic rings. The van der Waals surface area contributed by atoms with Gasteiger partial charge in [0.1, 0.15) is 11.6 Å². The van der Waals surface area contributed by atoms with E-state index >= 15 is 0 Å². The van der Waals surface area contributed by atoms with Crippen molar-refractivity contribution in [2.24, 2.45) is 0 Å². The van der Waals surface area contributed by atoms with Crippen LogP contribution in [0.3, 0.4) is 0 Å². The Hall–Kier alpha value is -1.54. The highest BCUT2D eigenvalue weighted by Gasteiger charge is 2.18. The van der Waals surface area contributed by atoms with Gasteiger partial charge in [0.15, 0.2) is 0 Å². The minimum atomic E-state index is -0.288. The van der Waals surface area contributed by atoms with E-state index in [1.165, 1.54) is 6.42 Å². The van der Waals surface area contributed by atoms with Gasteiger partial charge in [0, 0.05) is 32.4 Å². The Kier molecular flexibility index (Phi) is 5.22. The molecule has 2 aliphatic heterocycles. The summed E-state index contributed by atoms with van der Waals surface area (Å²) in [5.74, 6) is -0.288. The van der Waals surface area contributed by atoms with Gasteiger partial charge in [0.2, 0.25) is 0 Å². The van der Waals surface area contributed by atoms with E-state index in [9.17, 15) is 4.79 Å². The number of nitriles is 1. The first-order valence-electron chi connectivity index (χ1n) is 7.05. The van der Waals surface area contributed by atoms with Gasteiger partial charge in [0.25, 0.3) is 5.91 Å². The summed E-state index contributed by atoms with van der Waals surface area (Å²) in [5, 5.41) is 11.9. The summed E-state index contributed by atoms with van der Waals surface area (Å²) in [4.78, 5) is 14.0. The molecule has 1 unspecified atom stereocenters. The average molecular weight is 263 g/mol. The monoisotopic (exact) mass is 263 g/mol. The Labute approximate surface area is 114 Å². The van der Waals surface area contributed by atoms with Crippen LogP contribution in [-0.4, -0.2) is 43.2 Å². The van der Waals surface area contributed by atoms with Crippen LogP contribution in [0.2, 0.25) is 0 Å². The molecular formula is C14H21N3O2. The molecular weight excluding hydrogens is 242 g/mol. The molecule has 1 amide bonds. The number of ether oxygens (including phenoxy) is 1. The SMILES string of the molecule is N#C/C(=C/N1CCCCC1)C(=O)NCC1CCCO1. The highest BCUT2D eigenvalue weighted by molar-refractivity contribution is 5.97. The second-order valence-corrected chi connectivity index (χ2v) is 5.10. The van der Waals surface area contributed by atoms with Crippen LogP contribution in [0.1, 0.15) is 32.1 Å². The number of carbonyl (C=O) groups is 1. The average Bonchev–Trinajstić information content (AvgIpc) is 2.96. The lowest BCUT2D eigenvalue weighted by Gasteiger charge is -2.25. The Bertz CT molecular complexity index is 375. The molecule has 19 heavy (non-hydrogen) atoms. The predicted molar refractivity (Wildman–Crippen MR) is 71.1 cm³/mol. The van der Waals surface area contributed by atoms with Gasteiger partial charge >= 0.3 is 0 Å². The molecule has 2 rings (SSSR count). The highest BCUT2D eigenvalue weighted by atomic mass is 16.5. The summed E-state index contributed by atoms with van der Waals surface area (Å²) < 4.78 is 5.44. The number of nitrogens with zero attached hydrogens (tertiary/aromatic N) is 2. The van der Waals surface area contributed by atoms with E-state index in [-0.39, 0.29) is 17.6 Å². The number of likely N-dealkylation sites (tertiary alicyclic amines) is 1. The molecule has 2 saturated heterocycles. The fourth-order valence-corrected chi connectivity index (χ4v) is 2.48. The predicted octanol–water partition coefficient (Wildman–Crippen LogP) is 1.17. The molecule has 1 atom stereocenters. The number of hydrogen-bond donors (Lipinski definition) is 1. The molecule has 2 aliphatic rings. The van der Waals surface area contributed by atoms with Crippen molar-refractivity contribution in [3.63, 3.8) is 0 Å². The van der Waals surface area contributed by atoms with Crippen molar-refractivity contribution in [3.8, 4) is 6.07 Å². The Morgan fingerprint density at radius 3 is 2.79 bits per heavy atom. The fourth-order valence-electron chi connectivity index (χ4n) is 2.48. The zero-order chi connectivity index (χ0) is 13.5. The van der Waals surface area contributed by atoms with Crippen LogP contribution in [0.4, 0.5) is 0 Å². The van der Waals surface area contributed by atoms with E-state index < -0.39 is 0 Å². The van der Waals surface area contributed by atoms with Crippen LogP contribution in [0.5, 0.6) is 0 Å². The maximum atomic E-state index is 11.9. The first kappa shape index (κ1) is 13.9. The topological polar surface area (TPSA) is 65.4 Å². The lowest BCUT2D eigenvalue weighted by molar-refractivity contribution is -0.117. The van der Waals surface area contributed by atoms with Crippen molar-refractivity contribution in [3.05, 3.63) is 11.8 Å². The smallest absolute Gasteiger partial charge is 0.263 e. The van der Waals surface area contributed by atoms with E-state index in [4.69, 9.17) is 10.00 Å². The third kappa shape index (κ3) is 4.25. The number of piperidine rings is 1. The van der Waals surface area contributed by atoms with Crippen molar-refractivity contribution in [1.82, 2.24) is 10.2 Å². The third-order valence-electron chi connectivity index (χ3n) is 3.58. The first-order valence-corrected chi connectivity index (χ1v) is 7.05. The molecule has 5 nitrogen and oxygen atoms in total. The van der Waals surface area contributed by atoms with Gasteiger partial charge in [-0.1, -0.05) is 0 Å². The van der Waals surface area contributed by atoms with Gasteiger partial charge in [0.05, 0.1) is 6.10 Å². The van der Waals surface area contributed by atoms with Gasteiger partial charge in [-0.05, 0) is 32.1 Å². The number of amides is 1. The maximum Gasteiger partial charge on any atom is 0.263 e. The molecule has 0 bridgehead atoms. The summed E-state index contributed by atoms with van der Waals surface area (Å²) in [6.45, 7) is 3.14. The Morgan fingerprint density at radius 2 is 2.16 bits per heavy atom. The van der Waals surface area contributed by atoms with Crippen LogP contribution >= 0.6 is 0 Å². The zero-order valence-electron chi connectivity index (χ0n) is 11.2. The van der Waals surface area contributed by atoms with Crippen LogP contribution < -0.4 is 5.32 Å². The van der Waals surface area contributed by atoms with Gasteiger partial charge in [-0.3, -0.25) is 4.79 Å². The lowest BCUT2D eigenvalue weighted by Crippen LogP contribution is -2.33. The van der Waals surface area contributed by atoms with Crippen molar-refractivity contribution >= 4 is 5.91 Å². The van der Waals surface area contributed by atoms with Crippen molar-refractivity contribution in [1.29, 1.82) is 5.26 Å². The van der Waals surface area contributed by atoms with E-state index in [0.717, 1.165) is 45.4 Å². The maximum absolute atomic E-state index is 11.9. The minimum absolute atomic E-state index is 0.110. The number of carbonyl (C=O) groups excluding carboxylic acids is 1. The van der Waals surface area contributed by atoms with Crippen molar-refractivity contribution in [2.45, 2.75) is 38.2 Å². The lowest BCUT2D eigenvalue weighted by atomic mass is 10.1. The quantitative estimate of drug-likeness (QED) is 0.611. The van der Waals surface area contributed by atoms with Crippen LogP contribution in [0.25, 0.3) is 0 Å². The molecule has 0 aromatic carbocycles. The molecule has 1 N–H and O–H groups in total. The van der Waals surface area contributed by atoms with E-state index in [2.05, 4.69) is 10.2 Å². The molecule has 5 heteroatoms. The zero-order valence-corrected chi connectivity index (χ0v) is 11.2. The highest BCUT2D eigenvalue weighted by Crippen LogP contribution is 2.12. The van der Waals surface area contributed by atoms with E-state index in [1.54, 1.807) is 6.20 Å². The van der Waals surface area contributed by atoms with Crippen LogP contribution in [0.15, 0.2) is 11.8 Å². The number of rotatable bonds is 4. The van der Waals surface area contributed by atoms with Crippen molar-refractivity contribution < 1.29 is 9.53 Å². The number of nitrogens with one attached hydrogen (secondary N) is 1. The van der Waals surface area contributed by atoms with Crippen LogP contribution in [0, 0.1) is 11.3 Å². The second-order valence-electron chi connectivity index (χ2n) is 5.10. The second kappa shape index (κ2) is 7.15. The third-order valence-corrected chi connectivity index (χ3v) is 3.58. The standard InChI is InChI=1S/C14H21N3O2/c15-9-12(11-17-6-2-1-3-7-17)14(18)16-10-13-5-4-8-19-13/h11,13H,1-8,10H2,(H,16,18)/b12-11-. The molecule has 104 valence electrons. The first-order chi connectivity index (χ1) is 9.29. The number of hydrogen-bond acceptors (Lipinski definition) is 4. The molecule has 2 fully saturated rings. The minimum Gasteiger partial charge on any atom is -0.376 e. The summed E-state index contributed by atoms with van der Waals surface area (Å²) in [5.41, 5.74) is 0.194. The Morgan fingerprint density at radius 1 is 1.37 bits per heavy atom. The Balaban J connectivity index is 1.83. The normalized spacial score (nSPS) is 24.1. The van der Waals surface area contributed by atoms with Gasteiger partial charge in [-0.15, -0.1) is 0 Å². The van der Waals surface area contributed by atoms with Gasteiger partial charge in [-0.25, -0.2) is 0 Å². The van der Waals surface area contributed by atoms with Gasteiger partial charge in [-0.2, -0.15) is 5.26 Å². The van der Waals surface area contributed by atoms with Crippen molar-refractivity contribution in [2.75, 3.05) is 26.2 Å². The van der Waals surface area contributed by atoms with E-state index in [0.29, 0.717) is 6.54 Å².